The largest absolute Gasteiger partial charge is 0.383 e. The summed E-state index contributed by atoms with van der Waals surface area (Å²) < 4.78 is 4.97. The normalized spacial score (nSPS) is 16.2. The summed E-state index contributed by atoms with van der Waals surface area (Å²) in [4.78, 5) is 39.3. The maximum atomic E-state index is 12.6. The van der Waals surface area contributed by atoms with E-state index in [0.29, 0.717) is 50.4 Å². The molecule has 1 aliphatic heterocycles. The number of hydrogen-bond donors (Lipinski definition) is 2. The van der Waals surface area contributed by atoms with Crippen LogP contribution in [0.4, 0.5) is 0 Å². The van der Waals surface area contributed by atoms with E-state index in [9.17, 15) is 14.4 Å². The molecule has 0 aromatic carbocycles. The van der Waals surface area contributed by atoms with Crippen LogP contribution in [0.5, 0.6) is 0 Å². The highest BCUT2D eigenvalue weighted by molar-refractivity contribution is 7.12. The third kappa shape index (κ3) is 5.54. The lowest BCUT2D eigenvalue weighted by Gasteiger charge is -2.35. The standard InChI is InChI=1S/C18H27N3O4S/c1-3-15(22)21-9-6-13(7-10-21)16(18(24)19-8-11-25-2)20-17(23)14-5-4-12-26-14/h4-5,12-13,16H,3,6-11H2,1-2H3,(H,19,24)(H,20,23). The number of carbonyl (C=O) groups excluding carboxylic acids is 3. The number of amides is 3. The Kier molecular flexibility index (Phi) is 8.06. The summed E-state index contributed by atoms with van der Waals surface area (Å²) in [5, 5.41) is 7.54. The number of carbonyl (C=O) groups is 3. The van der Waals surface area contributed by atoms with Crippen molar-refractivity contribution < 1.29 is 19.1 Å². The van der Waals surface area contributed by atoms with Crippen LogP contribution in [0.1, 0.15) is 35.9 Å². The van der Waals surface area contributed by atoms with Crippen LogP contribution < -0.4 is 10.6 Å². The van der Waals surface area contributed by atoms with Gasteiger partial charge in [-0.15, -0.1) is 11.3 Å². The fourth-order valence-electron chi connectivity index (χ4n) is 3.11. The monoisotopic (exact) mass is 381 g/mol. The maximum Gasteiger partial charge on any atom is 0.262 e. The number of piperidine rings is 1. The molecule has 7 nitrogen and oxygen atoms in total. The smallest absolute Gasteiger partial charge is 0.262 e. The molecule has 144 valence electrons. The van der Waals surface area contributed by atoms with Gasteiger partial charge in [-0.3, -0.25) is 14.4 Å². The van der Waals surface area contributed by atoms with Gasteiger partial charge in [0.2, 0.25) is 11.8 Å². The Morgan fingerprint density at radius 2 is 2.08 bits per heavy atom. The molecule has 0 spiro atoms. The first-order valence-corrected chi connectivity index (χ1v) is 9.83. The Bertz CT molecular complexity index is 598. The maximum absolute atomic E-state index is 12.6. The van der Waals surface area contributed by atoms with Crippen molar-refractivity contribution in [3.8, 4) is 0 Å². The Labute approximate surface area is 158 Å². The van der Waals surface area contributed by atoms with Gasteiger partial charge in [-0.05, 0) is 30.2 Å². The molecule has 2 heterocycles. The van der Waals surface area contributed by atoms with Crippen LogP contribution in [-0.4, -0.2) is 62.0 Å². The van der Waals surface area contributed by atoms with Gasteiger partial charge < -0.3 is 20.3 Å². The summed E-state index contributed by atoms with van der Waals surface area (Å²) in [6.07, 6.45) is 1.87. The van der Waals surface area contributed by atoms with Gasteiger partial charge in [-0.1, -0.05) is 13.0 Å². The molecule has 1 unspecified atom stereocenters. The quantitative estimate of drug-likeness (QED) is 0.664. The van der Waals surface area contributed by atoms with E-state index in [-0.39, 0.29) is 23.6 Å². The van der Waals surface area contributed by atoms with Crippen molar-refractivity contribution in [3.63, 3.8) is 0 Å². The molecule has 0 aliphatic carbocycles. The molecule has 0 saturated carbocycles. The van der Waals surface area contributed by atoms with E-state index in [1.54, 1.807) is 13.2 Å². The number of nitrogens with one attached hydrogen (secondary N) is 2. The number of thiophene rings is 1. The first-order chi connectivity index (χ1) is 12.6. The van der Waals surface area contributed by atoms with Crippen molar-refractivity contribution in [2.24, 2.45) is 5.92 Å². The predicted octanol–water partition coefficient (Wildman–Crippen LogP) is 1.26. The van der Waals surface area contributed by atoms with Crippen molar-refractivity contribution >= 4 is 29.1 Å². The van der Waals surface area contributed by atoms with Crippen LogP contribution in [0.25, 0.3) is 0 Å². The third-order valence-electron chi connectivity index (χ3n) is 4.59. The van der Waals surface area contributed by atoms with Crippen molar-refractivity contribution in [1.82, 2.24) is 15.5 Å². The number of nitrogens with zero attached hydrogens (tertiary/aromatic N) is 1. The van der Waals surface area contributed by atoms with E-state index in [1.807, 2.05) is 23.3 Å². The van der Waals surface area contributed by atoms with Crippen LogP contribution >= 0.6 is 11.3 Å². The lowest BCUT2D eigenvalue weighted by atomic mass is 9.88. The van der Waals surface area contributed by atoms with Crippen LogP contribution in [0.15, 0.2) is 17.5 Å². The molecule has 1 atom stereocenters. The first kappa shape index (κ1) is 20.4. The molecule has 26 heavy (non-hydrogen) atoms. The Balaban J connectivity index is 2.01. The van der Waals surface area contributed by atoms with Gasteiger partial charge in [0.05, 0.1) is 11.5 Å². The molecular weight excluding hydrogens is 354 g/mol. The second kappa shape index (κ2) is 10.3. The molecule has 3 amide bonds. The summed E-state index contributed by atoms with van der Waals surface area (Å²) in [7, 11) is 1.57. The molecule has 1 aliphatic rings. The molecule has 2 rings (SSSR count). The highest BCUT2D eigenvalue weighted by Gasteiger charge is 2.33. The van der Waals surface area contributed by atoms with Gasteiger partial charge >= 0.3 is 0 Å². The molecular formula is C18H27N3O4S. The molecule has 2 N–H and O–H groups in total. The lowest BCUT2D eigenvalue weighted by molar-refractivity contribution is -0.132. The van der Waals surface area contributed by atoms with Crippen LogP contribution in [0, 0.1) is 5.92 Å². The van der Waals surface area contributed by atoms with Gasteiger partial charge in [0.25, 0.3) is 5.91 Å². The average molecular weight is 381 g/mol. The summed E-state index contributed by atoms with van der Waals surface area (Å²) >= 11 is 1.34. The van der Waals surface area contributed by atoms with Gasteiger partial charge in [-0.2, -0.15) is 0 Å². The molecule has 0 bridgehead atoms. The summed E-state index contributed by atoms with van der Waals surface area (Å²) in [6.45, 7) is 3.90. The van der Waals surface area contributed by atoms with Crippen molar-refractivity contribution in [2.75, 3.05) is 33.4 Å². The van der Waals surface area contributed by atoms with E-state index in [2.05, 4.69) is 10.6 Å². The number of rotatable bonds is 8. The zero-order valence-electron chi connectivity index (χ0n) is 15.3. The topological polar surface area (TPSA) is 87.7 Å². The highest BCUT2D eigenvalue weighted by atomic mass is 32.1. The molecule has 1 saturated heterocycles. The Hall–Kier alpha value is -1.93. The van der Waals surface area contributed by atoms with Gasteiger partial charge in [-0.25, -0.2) is 0 Å². The second-order valence-electron chi connectivity index (χ2n) is 6.28. The van der Waals surface area contributed by atoms with E-state index < -0.39 is 6.04 Å². The van der Waals surface area contributed by atoms with E-state index in [4.69, 9.17) is 4.74 Å². The second-order valence-corrected chi connectivity index (χ2v) is 7.23. The summed E-state index contributed by atoms with van der Waals surface area (Å²) in [5.41, 5.74) is 0. The molecule has 0 radical (unpaired) electrons. The first-order valence-electron chi connectivity index (χ1n) is 8.95. The fourth-order valence-corrected chi connectivity index (χ4v) is 3.74. The fraction of sp³-hybridized carbons (Fsp3) is 0.611. The molecule has 1 aromatic rings. The zero-order chi connectivity index (χ0) is 18.9. The van der Waals surface area contributed by atoms with Crippen molar-refractivity contribution in [2.45, 2.75) is 32.2 Å². The summed E-state index contributed by atoms with van der Waals surface area (Å²) in [5.74, 6) is -0.305. The summed E-state index contributed by atoms with van der Waals surface area (Å²) in [6, 6.07) is 2.94. The minimum Gasteiger partial charge on any atom is -0.383 e. The number of methoxy groups -OCH3 is 1. The molecule has 8 heteroatoms. The van der Waals surface area contributed by atoms with Crippen molar-refractivity contribution in [3.05, 3.63) is 22.4 Å². The van der Waals surface area contributed by atoms with Gasteiger partial charge in [0.15, 0.2) is 0 Å². The minimum atomic E-state index is -0.611. The van der Waals surface area contributed by atoms with Crippen LogP contribution in [0.3, 0.4) is 0 Å². The highest BCUT2D eigenvalue weighted by Crippen LogP contribution is 2.22. The van der Waals surface area contributed by atoms with Crippen LogP contribution in [0.2, 0.25) is 0 Å². The molecule has 1 aromatic heterocycles. The van der Waals surface area contributed by atoms with E-state index in [1.165, 1.54) is 11.3 Å². The predicted molar refractivity (Wildman–Crippen MR) is 100 cm³/mol. The number of ether oxygens (including phenoxy) is 1. The van der Waals surface area contributed by atoms with Gasteiger partial charge in [0, 0.05) is 33.2 Å². The van der Waals surface area contributed by atoms with Crippen molar-refractivity contribution in [1.29, 1.82) is 0 Å². The Morgan fingerprint density at radius 3 is 2.65 bits per heavy atom. The molecule has 1 fully saturated rings. The SMILES string of the molecule is CCC(=O)N1CCC(C(NC(=O)c2cccs2)C(=O)NCCOC)CC1. The zero-order valence-corrected chi connectivity index (χ0v) is 16.1. The minimum absolute atomic E-state index is 0.00219. The van der Waals surface area contributed by atoms with Gasteiger partial charge in [0.1, 0.15) is 6.04 Å². The third-order valence-corrected chi connectivity index (χ3v) is 5.45. The van der Waals surface area contributed by atoms with E-state index in [0.717, 1.165) is 0 Å². The van der Waals surface area contributed by atoms with E-state index >= 15 is 0 Å². The number of hydrogen-bond acceptors (Lipinski definition) is 5. The van der Waals surface area contributed by atoms with Crippen LogP contribution in [-0.2, 0) is 14.3 Å². The lowest BCUT2D eigenvalue weighted by Crippen LogP contribution is -2.54. The Morgan fingerprint density at radius 1 is 1.35 bits per heavy atom. The number of likely N-dealkylation sites (tertiary alicyclic amines) is 1. The average Bonchev–Trinajstić information content (AvgIpc) is 3.20.